The predicted octanol–water partition coefficient (Wildman–Crippen LogP) is 24.7. The zero-order valence-electron chi connectivity index (χ0n) is 61.2. The lowest BCUT2D eigenvalue weighted by Gasteiger charge is -2.25. The molecular formula is C95H65N13O6. The van der Waals surface area contributed by atoms with E-state index in [1.807, 2.05) is 219 Å². The van der Waals surface area contributed by atoms with E-state index in [1.54, 1.807) is 72.8 Å². The number of aryl methyl sites for hydroxylation is 2. The summed E-state index contributed by atoms with van der Waals surface area (Å²) < 4.78 is 0. The van der Waals surface area contributed by atoms with Gasteiger partial charge in [0.05, 0.1) is 56.1 Å². The Morgan fingerprint density at radius 1 is 0.368 bits per heavy atom. The first-order chi connectivity index (χ1) is 55.9. The van der Waals surface area contributed by atoms with Gasteiger partial charge in [-0.1, -0.05) is 159 Å². The van der Waals surface area contributed by atoms with Gasteiger partial charge in [0.25, 0.3) is 17.7 Å². The van der Waals surface area contributed by atoms with E-state index in [2.05, 4.69) is 48.7 Å². The summed E-state index contributed by atoms with van der Waals surface area (Å²) in [5.74, 6) is 5.30. The van der Waals surface area contributed by atoms with E-state index in [0.29, 0.717) is 113 Å². The van der Waals surface area contributed by atoms with Crippen LogP contribution < -0.4 is 20.9 Å². The summed E-state index contributed by atoms with van der Waals surface area (Å²) >= 11 is 0. The molecule has 0 spiro atoms. The maximum absolute atomic E-state index is 14.4. The number of carbonyl (C=O) groups is 3. The van der Waals surface area contributed by atoms with Crippen LogP contribution in [0.1, 0.15) is 61.6 Å². The predicted molar refractivity (Wildman–Crippen MR) is 456 cm³/mol. The topological polar surface area (TPSA) is 273 Å². The number of anilines is 6. The number of phenols is 3. The van der Waals surface area contributed by atoms with Crippen LogP contribution in [-0.4, -0.2) is 48.0 Å². The van der Waals surface area contributed by atoms with E-state index in [4.69, 9.17) is 37.1 Å². The molecule has 19 heteroatoms. The molecule has 19 nitrogen and oxygen atoms in total. The van der Waals surface area contributed by atoms with Crippen molar-refractivity contribution in [3.05, 3.63) is 306 Å². The first-order valence-electron chi connectivity index (χ1n) is 36.9. The molecule has 15 aromatic carbocycles. The van der Waals surface area contributed by atoms with Crippen LogP contribution in [0.15, 0.2) is 304 Å². The molecule has 0 radical (unpaired) electrons. The molecule has 3 amide bonds. The zero-order valence-corrected chi connectivity index (χ0v) is 61.2. The van der Waals surface area contributed by atoms with E-state index < -0.39 is 17.6 Å². The largest absolute Gasteiger partial charge is 0.505 e. The van der Waals surface area contributed by atoms with Gasteiger partial charge >= 0.3 is 0 Å². The maximum Gasteiger partial charge on any atom is 0.259 e. The standard InChI is InChI=1S/C95H65N13O6/c1-4-7-20-56-23-10-16-29-76(56)100-95(114)74-52-58-34-49-71-68-26-13-18-31-78(68)97-85(71)82(58)88(91(74)110)106-103-61-38-44-64(45-39-61)108(63-42-36-60(37-43-63)102-105-87-81-57(33-48-70-67-25-12-17-30-77(67)96-84(70)81)51-73(90(87)109)94(113)99-75-28-15-9-22-55(75)6-3)65-46-40-62(41-47-65)104-107-89-83-59(35-50-72-69-27-14-19-32-79(69)98-86(72)83)53-80(92(89)111)101-93(112)66-24-11-8-21-54(66)5-2/h1,8-19,21-53,96-98,109-111H,5-6H2,2-3H3,(H,99,113)(H,100,114)(H,101,112). The second-order valence-electron chi connectivity index (χ2n) is 27.4. The Hall–Kier alpha value is -16.0. The Morgan fingerprint density at radius 2 is 0.737 bits per heavy atom. The molecule has 0 saturated carbocycles. The Labute approximate surface area is 650 Å². The van der Waals surface area contributed by atoms with Gasteiger partial charge in [0, 0.05) is 98.9 Å². The van der Waals surface area contributed by atoms with Crippen LogP contribution in [0.25, 0.3) is 97.7 Å². The minimum Gasteiger partial charge on any atom is -0.505 e. The van der Waals surface area contributed by atoms with Crippen molar-refractivity contribution in [1.29, 1.82) is 0 Å². The van der Waals surface area contributed by atoms with Crippen LogP contribution in [0.5, 0.6) is 17.2 Å². The number of hydrogen-bond acceptors (Lipinski definition) is 13. The number of nitrogens with zero attached hydrogens (tertiary/aromatic N) is 7. The number of hydrogen-bond donors (Lipinski definition) is 9. The quantitative estimate of drug-likeness (QED) is 0.0241. The van der Waals surface area contributed by atoms with Crippen molar-refractivity contribution < 1.29 is 29.7 Å². The number of phenolic OH excluding ortho intramolecular Hbond substituents is 3. The molecule has 3 heterocycles. The van der Waals surface area contributed by atoms with Crippen molar-refractivity contribution in [2.24, 2.45) is 30.7 Å². The number of H-pyrrole nitrogens is 3. The third-order valence-electron chi connectivity index (χ3n) is 20.8. The lowest BCUT2D eigenvalue weighted by molar-refractivity contribution is 0.101. The van der Waals surface area contributed by atoms with Crippen molar-refractivity contribution >= 4 is 184 Å². The highest BCUT2D eigenvalue weighted by Gasteiger charge is 2.27. The number of aromatic amines is 3. The molecule has 0 aliphatic rings. The van der Waals surface area contributed by atoms with E-state index in [1.165, 1.54) is 0 Å². The van der Waals surface area contributed by atoms with Gasteiger partial charge in [0.1, 0.15) is 17.1 Å². The molecule has 0 saturated heterocycles. The van der Waals surface area contributed by atoms with Gasteiger partial charge in [-0.05, 0) is 185 Å². The average molecular weight is 1480 g/mol. The Kier molecular flexibility index (Phi) is 17.9. The minimum atomic E-state index is -0.614. The first-order valence-corrected chi connectivity index (χ1v) is 36.9. The normalized spacial score (nSPS) is 11.7. The molecule has 0 fully saturated rings. The summed E-state index contributed by atoms with van der Waals surface area (Å²) in [6.45, 7) is 4.00. The van der Waals surface area contributed by atoms with E-state index in [-0.39, 0.29) is 51.3 Å². The molecule has 0 bridgehead atoms. The summed E-state index contributed by atoms with van der Waals surface area (Å²) in [7, 11) is 0. The molecular weight excluding hydrogens is 1420 g/mol. The SMILES string of the molecule is C#CC#Cc1ccccc1NC(=O)c1cc2ccc3c4ccccc4[nH]c3c2c(N=Nc2ccc(N(c3ccc(N=Nc4c(O)c(NC(=O)c5ccccc5CC)cc5ccc6c7ccccc7[nH]c6c45)cc3)c3ccc(N=Nc4c(O)c(C(=O)Nc5ccccc5CC)cc5ccc6c7ccccc7[nH]c6c45)cc3)cc2)c1O. The number of nitrogens with one attached hydrogen (secondary N) is 6. The lowest BCUT2D eigenvalue weighted by atomic mass is 10.00. The number of aromatic hydroxyl groups is 3. The number of azo groups is 3. The summed E-state index contributed by atoms with van der Waals surface area (Å²) in [6, 6.07) is 84.5. The second kappa shape index (κ2) is 29.2. The van der Waals surface area contributed by atoms with Gasteiger partial charge < -0.3 is 51.1 Å². The fourth-order valence-corrected chi connectivity index (χ4v) is 15.2. The van der Waals surface area contributed by atoms with Crippen molar-refractivity contribution in [3.8, 4) is 41.4 Å². The van der Waals surface area contributed by atoms with Crippen molar-refractivity contribution in [2.45, 2.75) is 26.7 Å². The first kappa shape index (κ1) is 69.7. The van der Waals surface area contributed by atoms with Crippen LogP contribution in [0.4, 0.5) is 68.2 Å². The van der Waals surface area contributed by atoms with Crippen LogP contribution in [0.2, 0.25) is 0 Å². The van der Waals surface area contributed by atoms with Gasteiger partial charge in [0.2, 0.25) is 0 Å². The van der Waals surface area contributed by atoms with Crippen LogP contribution in [0.3, 0.4) is 0 Å². The van der Waals surface area contributed by atoms with Gasteiger partial charge in [-0.2, -0.15) is 15.3 Å². The van der Waals surface area contributed by atoms with Crippen LogP contribution in [0, 0.1) is 24.2 Å². The monoisotopic (exact) mass is 1480 g/mol. The average Bonchev–Trinajstić information content (AvgIpc) is 1.69. The lowest BCUT2D eigenvalue weighted by Crippen LogP contribution is -2.14. The van der Waals surface area contributed by atoms with Crippen molar-refractivity contribution in [2.75, 3.05) is 20.9 Å². The molecule has 0 aliphatic carbocycles. The molecule has 18 aromatic rings. The number of benzene rings is 15. The Morgan fingerprint density at radius 3 is 1.19 bits per heavy atom. The van der Waals surface area contributed by atoms with Crippen molar-refractivity contribution in [3.63, 3.8) is 0 Å². The highest BCUT2D eigenvalue weighted by atomic mass is 16.3. The molecule has 0 aliphatic heterocycles. The van der Waals surface area contributed by atoms with Gasteiger partial charge in [-0.15, -0.1) is 21.8 Å². The smallest absolute Gasteiger partial charge is 0.259 e. The van der Waals surface area contributed by atoms with Crippen LogP contribution in [-0.2, 0) is 12.8 Å². The number of terminal acetylenes is 1. The summed E-state index contributed by atoms with van der Waals surface area (Å²) in [4.78, 5) is 55.5. The van der Waals surface area contributed by atoms with Gasteiger partial charge in [-0.25, -0.2) is 0 Å². The number of carbonyl (C=O) groups excluding carboxylic acids is 3. The molecule has 546 valence electrons. The number of amides is 3. The number of aromatic nitrogens is 3. The Balaban J connectivity index is 0.730. The van der Waals surface area contributed by atoms with E-state index in [0.717, 1.165) is 65.5 Å². The van der Waals surface area contributed by atoms with Crippen LogP contribution >= 0.6 is 0 Å². The second-order valence-corrected chi connectivity index (χ2v) is 27.4. The zero-order chi connectivity index (χ0) is 77.7. The highest BCUT2D eigenvalue weighted by Crippen LogP contribution is 2.50. The molecule has 9 N–H and O–H groups in total. The van der Waals surface area contributed by atoms with Gasteiger partial charge in [0.15, 0.2) is 17.2 Å². The minimum absolute atomic E-state index is 0.0190. The molecule has 3 aromatic heterocycles. The highest BCUT2D eigenvalue weighted by molar-refractivity contribution is 6.26. The molecule has 0 unspecified atom stereocenters. The molecule has 0 atom stereocenters. The van der Waals surface area contributed by atoms with Gasteiger partial charge in [-0.3, -0.25) is 14.4 Å². The number of para-hydroxylation sites is 5. The molecule has 114 heavy (non-hydrogen) atoms. The fraction of sp³-hybridized carbons (Fsp3) is 0.0421. The molecule has 18 rings (SSSR count). The Bertz CT molecular complexity index is 7240. The fourth-order valence-electron chi connectivity index (χ4n) is 15.2. The summed E-state index contributed by atoms with van der Waals surface area (Å²) in [5, 5.41) is 84.1. The number of rotatable bonds is 17. The number of fused-ring (bicyclic) bond motifs is 15. The maximum atomic E-state index is 14.4. The van der Waals surface area contributed by atoms with E-state index in [9.17, 15) is 29.7 Å². The van der Waals surface area contributed by atoms with Crippen molar-refractivity contribution in [1.82, 2.24) is 15.0 Å². The van der Waals surface area contributed by atoms with E-state index >= 15 is 0 Å². The summed E-state index contributed by atoms with van der Waals surface area (Å²) in [5.41, 5.74) is 12.3. The third-order valence-corrected chi connectivity index (χ3v) is 20.8. The summed E-state index contributed by atoms with van der Waals surface area (Å²) in [6.07, 6.45) is 6.78. The third kappa shape index (κ3) is 12.6.